The molecule has 1 atom stereocenters. The third kappa shape index (κ3) is 8.18. The van der Waals surface area contributed by atoms with Crippen LogP contribution in [-0.2, 0) is 27.8 Å². The largest absolute Gasteiger partial charge is 0.351 e. The first-order chi connectivity index (χ1) is 23.9. The van der Waals surface area contributed by atoms with Gasteiger partial charge in [0.1, 0.15) is 5.82 Å². The van der Waals surface area contributed by atoms with Gasteiger partial charge in [-0.1, -0.05) is 105 Å². The second kappa shape index (κ2) is 15.9. The summed E-state index contributed by atoms with van der Waals surface area (Å²) < 4.78 is 31.8. The molecule has 4 aromatic carbocycles. The second-order valence-electron chi connectivity index (χ2n) is 11.9. The van der Waals surface area contributed by atoms with Crippen molar-refractivity contribution in [3.05, 3.63) is 128 Å². The smallest absolute Gasteiger partial charge is 0.326 e. The van der Waals surface area contributed by atoms with Crippen molar-refractivity contribution in [2.45, 2.75) is 57.9 Å². The van der Waals surface area contributed by atoms with E-state index in [9.17, 15) is 22.8 Å². The maximum absolute atomic E-state index is 13.9. The lowest BCUT2D eigenvalue weighted by Crippen LogP contribution is -2.31. The van der Waals surface area contributed by atoms with E-state index in [1.807, 2.05) is 26.0 Å². The summed E-state index contributed by atoms with van der Waals surface area (Å²) in [6, 6.07) is 24.7. The maximum Gasteiger partial charge on any atom is 0.351 e. The van der Waals surface area contributed by atoms with Crippen LogP contribution in [0.4, 0.5) is 5.69 Å². The third-order valence-corrected chi connectivity index (χ3v) is 10.4. The Morgan fingerprint density at radius 3 is 2.30 bits per heavy atom. The van der Waals surface area contributed by atoms with Gasteiger partial charge in [-0.3, -0.25) is 14.2 Å². The van der Waals surface area contributed by atoms with Gasteiger partial charge in [-0.05, 0) is 60.4 Å². The first-order valence-electron chi connectivity index (χ1n) is 16.2. The first kappa shape index (κ1) is 36.6. The van der Waals surface area contributed by atoms with Gasteiger partial charge in [0, 0.05) is 23.6 Å². The van der Waals surface area contributed by atoms with Crippen molar-refractivity contribution < 1.29 is 18.0 Å². The maximum atomic E-state index is 13.9. The summed E-state index contributed by atoms with van der Waals surface area (Å²) in [5.41, 5.74) is 2.27. The van der Waals surface area contributed by atoms with Crippen LogP contribution in [0.25, 0.3) is 16.8 Å². The molecule has 0 saturated heterocycles. The van der Waals surface area contributed by atoms with E-state index >= 15 is 0 Å². The molecule has 0 fully saturated rings. The predicted octanol–water partition coefficient (Wildman–Crippen LogP) is 7.50. The molecule has 260 valence electrons. The van der Waals surface area contributed by atoms with Gasteiger partial charge < -0.3 is 5.32 Å². The summed E-state index contributed by atoms with van der Waals surface area (Å²) in [7, 11) is -4.27. The molecule has 5 rings (SSSR count). The van der Waals surface area contributed by atoms with Crippen LogP contribution in [0.5, 0.6) is 0 Å². The number of carbonyl (C=O) groups is 2. The summed E-state index contributed by atoms with van der Waals surface area (Å²) in [5, 5.41) is 7.99. The number of anilines is 1. The first-order valence-corrected chi connectivity index (χ1v) is 18.5. The number of carbonyl (C=O) groups excluding carboxylic acids is 2. The molecule has 0 spiro atoms. The summed E-state index contributed by atoms with van der Waals surface area (Å²) in [4.78, 5) is 39.1. The van der Waals surface area contributed by atoms with Crippen LogP contribution in [0.15, 0.2) is 101 Å². The van der Waals surface area contributed by atoms with Gasteiger partial charge in [-0.2, -0.15) is 4.68 Å². The van der Waals surface area contributed by atoms with Crippen LogP contribution in [0.1, 0.15) is 61.8 Å². The molecular weight excluding hydrogens is 697 g/mol. The van der Waals surface area contributed by atoms with Gasteiger partial charge >= 0.3 is 5.69 Å². The SMILES string of the molecule is CCCCc1nn(-c2cc(NC(=O)C(C)CC)ccc2Cl)c(=O)n1Cc1ccc(-c2ccccc2S(=O)(=O)NC(=O)c2ccccc2Cl)cc1. The fourth-order valence-corrected chi connectivity index (χ4v) is 6.88. The lowest BCUT2D eigenvalue weighted by Gasteiger charge is -2.13. The molecule has 50 heavy (non-hydrogen) atoms. The van der Waals surface area contributed by atoms with Crippen LogP contribution >= 0.6 is 23.2 Å². The average molecular weight is 735 g/mol. The number of sulfonamides is 1. The quantitative estimate of drug-likeness (QED) is 0.129. The van der Waals surface area contributed by atoms with E-state index in [0.717, 1.165) is 18.4 Å². The van der Waals surface area contributed by atoms with Crippen LogP contribution in [-0.4, -0.2) is 34.6 Å². The van der Waals surface area contributed by atoms with Crippen LogP contribution in [0, 0.1) is 5.92 Å². The van der Waals surface area contributed by atoms with Crippen molar-refractivity contribution in [3.63, 3.8) is 0 Å². The monoisotopic (exact) mass is 733 g/mol. The molecule has 13 heteroatoms. The van der Waals surface area contributed by atoms with Crippen LogP contribution in [0.2, 0.25) is 10.0 Å². The number of nitrogens with zero attached hydrogens (tertiary/aromatic N) is 3. The Bertz CT molecular complexity index is 2200. The Morgan fingerprint density at radius 2 is 1.60 bits per heavy atom. The van der Waals surface area contributed by atoms with Gasteiger partial charge in [-0.25, -0.2) is 17.9 Å². The third-order valence-electron chi connectivity index (χ3n) is 8.32. The number of amides is 2. The Balaban J connectivity index is 1.43. The highest BCUT2D eigenvalue weighted by Gasteiger charge is 2.24. The molecule has 2 amide bonds. The van der Waals surface area contributed by atoms with Crippen molar-refractivity contribution in [1.82, 2.24) is 19.1 Å². The summed E-state index contributed by atoms with van der Waals surface area (Å²) >= 11 is 12.7. The molecule has 0 aliphatic carbocycles. The molecule has 5 aromatic rings. The Kier molecular flexibility index (Phi) is 11.6. The Morgan fingerprint density at radius 1 is 0.900 bits per heavy atom. The van der Waals surface area contributed by atoms with Crippen molar-refractivity contribution in [1.29, 1.82) is 0 Å². The molecule has 0 aliphatic rings. The van der Waals surface area contributed by atoms with Crippen molar-refractivity contribution >= 4 is 50.7 Å². The fourth-order valence-electron chi connectivity index (χ4n) is 5.27. The summed E-state index contributed by atoms with van der Waals surface area (Å²) in [5.74, 6) is -0.569. The van der Waals surface area contributed by atoms with E-state index in [4.69, 9.17) is 23.2 Å². The van der Waals surface area contributed by atoms with Gasteiger partial charge in [0.25, 0.3) is 15.9 Å². The highest BCUT2D eigenvalue weighted by Crippen LogP contribution is 2.29. The van der Waals surface area contributed by atoms with Crippen molar-refractivity contribution in [3.8, 4) is 16.8 Å². The minimum Gasteiger partial charge on any atom is -0.326 e. The number of unbranched alkanes of at least 4 members (excludes halogenated alkanes) is 1. The van der Waals surface area contributed by atoms with E-state index in [0.29, 0.717) is 46.2 Å². The lowest BCUT2D eigenvalue weighted by atomic mass is 10.0. The van der Waals surface area contributed by atoms with Gasteiger partial charge in [-0.15, -0.1) is 5.10 Å². The fraction of sp³-hybridized carbons (Fsp3) is 0.243. The normalized spacial score (nSPS) is 12.0. The zero-order valence-corrected chi connectivity index (χ0v) is 30.1. The highest BCUT2D eigenvalue weighted by molar-refractivity contribution is 7.90. The Labute approximate surface area is 301 Å². The highest BCUT2D eigenvalue weighted by atomic mass is 35.5. The number of aromatic nitrogens is 3. The van der Waals surface area contributed by atoms with E-state index in [1.54, 1.807) is 65.2 Å². The molecule has 0 radical (unpaired) electrons. The summed E-state index contributed by atoms with van der Waals surface area (Å²) in [6.45, 7) is 6.03. The molecule has 1 aromatic heterocycles. The van der Waals surface area contributed by atoms with Crippen LogP contribution < -0.4 is 15.7 Å². The number of hydrogen-bond acceptors (Lipinski definition) is 6. The van der Waals surface area contributed by atoms with Crippen molar-refractivity contribution in [2.75, 3.05) is 5.32 Å². The molecule has 0 saturated carbocycles. The predicted molar refractivity (Wildman–Crippen MR) is 197 cm³/mol. The number of halogens is 2. The Hall–Kier alpha value is -4.71. The molecule has 1 unspecified atom stereocenters. The number of aryl methyl sites for hydroxylation is 1. The number of rotatable bonds is 13. The topological polar surface area (TPSA) is 132 Å². The number of benzene rings is 4. The van der Waals surface area contributed by atoms with Gasteiger partial charge in [0.15, 0.2) is 0 Å². The zero-order valence-electron chi connectivity index (χ0n) is 27.8. The van der Waals surface area contributed by atoms with Crippen LogP contribution in [0.3, 0.4) is 0 Å². The van der Waals surface area contributed by atoms with E-state index in [2.05, 4.69) is 22.1 Å². The molecule has 10 nitrogen and oxygen atoms in total. The molecular formula is C37H37Cl2N5O5S. The minimum absolute atomic E-state index is 0.0415. The van der Waals surface area contributed by atoms with E-state index in [1.165, 1.54) is 22.9 Å². The second-order valence-corrected chi connectivity index (χ2v) is 14.3. The van der Waals surface area contributed by atoms with Crippen molar-refractivity contribution in [2.24, 2.45) is 5.92 Å². The van der Waals surface area contributed by atoms with E-state index < -0.39 is 21.6 Å². The summed E-state index contributed by atoms with van der Waals surface area (Å²) in [6.07, 6.45) is 2.96. The minimum atomic E-state index is -4.27. The number of nitrogens with one attached hydrogen (secondary N) is 2. The average Bonchev–Trinajstić information content (AvgIpc) is 3.41. The van der Waals surface area contributed by atoms with Gasteiger partial charge in [0.2, 0.25) is 5.91 Å². The zero-order chi connectivity index (χ0) is 36.0. The number of hydrogen-bond donors (Lipinski definition) is 2. The molecule has 1 heterocycles. The molecule has 0 bridgehead atoms. The van der Waals surface area contributed by atoms with Gasteiger partial charge in [0.05, 0.1) is 32.7 Å². The lowest BCUT2D eigenvalue weighted by molar-refractivity contribution is -0.119. The standard InChI is InChI=1S/C37H37Cl2N5O5S/c1-4-6-15-34-41-44(32-22-27(20-21-31(32)39)40-35(45)24(3)5-2)37(47)43(34)23-25-16-18-26(19-17-25)28-11-8-10-14-33(28)50(48,49)42-36(46)29-12-7-9-13-30(29)38/h7-14,16-22,24H,4-6,15,23H2,1-3H3,(H,40,45)(H,42,46). The van der Waals surface area contributed by atoms with E-state index in [-0.39, 0.29) is 33.9 Å². The molecule has 0 aliphatic heterocycles. The molecule has 2 N–H and O–H groups in total.